The lowest BCUT2D eigenvalue weighted by molar-refractivity contribution is 0.203. The molecular formula is C17H12O2. The Hall–Kier alpha value is -2.32. The number of rotatable bonds is 0. The number of ether oxygens (including phenoxy) is 1. The van der Waals surface area contributed by atoms with Crippen LogP contribution in [-0.2, 0) is 0 Å². The molecule has 0 bridgehead atoms. The third-order valence-corrected chi connectivity index (χ3v) is 3.63. The maximum absolute atomic E-state index is 10.5. The van der Waals surface area contributed by atoms with Gasteiger partial charge in [0, 0.05) is 16.5 Å². The molecule has 92 valence electrons. The maximum Gasteiger partial charge on any atom is 0.141 e. The molecule has 1 aliphatic rings. The van der Waals surface area contributed by atoms with Gasteiger partial charge in [-0.05, 0) is 11.5 Å². The highest BCUT2D eigenvalue weighted by Gasteiger charge is 2.26. The fraction of sp³-hybridized carbons (Fsp3) is 0.0588. The second kappa shape index (κ2) is 3.84. The van der Waals surface area contributed by atoms with Crippen molar-refractivity contribution in [3.8, 4) is 11.5 Å². The predicted molar refractivity (Wildman–Crippen MR) is 74.5 cm³/mol. The van der Waals surface area contributed by atoms with Crippen molar-refractivity contribution in [2.45, 2.75) is 6.10 Å². The Morgan fingerprint density at radius 1 is 0.789 bits per heavy atom. The maximum atomic E-state index is 10.5. The molecule has 0 aliphatic carbocycles. The predicted octanol–water partition coefficient (Wildman–Crippen LogP) is 4.03. The smallest absolute Gasteiger partial charge is 0.141 e. The molecule has 19 heavy (non-hydrogen) atoms. The molecule has 1 heterocycles. The van der Waals surface area contributed by atoms with Gasteiger partial charge in [-0.2, -0.15) is 0 Å². The van der Waals surface area contributed by atoms with Gasteiger partial charge in [0.1, 0.15) is 17.6 Å². The van der Waals surface area contributed by atoms with E-state index < -0.39 is 6.10 Å². The number of para-hydroxylation sites is 1. The number of fused-ring (bicyclic) bond motifs is 4. The van der Waals surface area contributed by atoms with Crippen LogP contribution in [0.3, 0.4) is 0 Å². The molecule has 0 spiro atoms. The highest BCUT2D eigenvalue weighted by molar-refractivity contribution is 5.90. The monoisotopic (exact) mass is 248 g/mol. The van der Waals surface area contributed by atoms with E-state index in [2.05, 4.69) is 0 Å². The Morgan fingerprint density at radius 2 is 1.58 bits per heavy atom. The van der Waals surface area contributed by atoms with Gasteiger partial charge in [-0.25, -0.2) is 0 Å². The quantitative estimate of drug-likeness (QED) is 0.651. The first-order valence-corrected chi connectivity index (χ1v) is 6.31. The molecule has 3 aromatic rings. The van der Waals surface area contributed by atoms with Crippen LogP contribution in [0.2, 0.25) is 0 Å². The van der Waals surface area contributed by atoms with Crippen LogP contribution in [0.5, 0.6) is 11.5 Å². The summed E-state index contributed by atoms with van der Waals surface area (Å²) in [5, 5.41) is 12.6. The summed E-state index contributed by atoms with van der Waals surface area (Å²) in [7, 11) is 0. The summed E-state index contributed by atoms with van der Waals surface area (Å²) in [6, 6.07) is 19.6. The van der Waals surface area contributed by atoms with Gasteiger partial charge in [-0.15, -0.1) is 0 Å². The molecular weight excluding hydrogens is 236 g/mol. The Labute approximate surface area is 110 Å². The summed E-state index contributed by atoms with van der Waals surface area (Å²) in [6.07, 6.45) is -0.621. The highest BCUT2D eigenvalue weighted by Crippen LogP contribution is 2.45. The van der Waals surface area contributed by atoms with Crippen LogP contribution in [0.4, 0.5) is 0 Å². The molecule has 1 aliphatic heterocycles. The lowest BCUT2D eigenvalue weighted by atomic mass is 9.94. The van der Waals surface area contributed by atoms with Gasteiger partial charge in [-0.3, -0.25) is 0 Å². The van der Waals surface area contributed by atoms with Crippen LogP contribution in [-0.4, -0.2) is 5.11 Å². The number of aliphatic hydroxyl groups is 1. The molecule has 1 unspecified atom stereocenters. The van der Waals surface area contributed by atoms with E-state index >= 15 is 0 Å². The fourth-order valence-corrected chi connectivity index (χ4v) is 2.67. The normalized spacial score (nSPS) is 16.6. The van der Waals surface area contributed by atoms with Crippen LogP contribution < -0.4 is 4.74 Å². The first-order chi connectivity index (χ1) is 9.34. The topological polar surface area (TPSA) is 29.5 Å². The zero-order valence-electron chi connectivity index (χ0n) is 10.2. The SMILES string of the molecule is OC1c2ccccc2Oc2c1ccc1ccccc21. The Balaban J connectivity index is 2.02. The van der Waals surface area contributed by atoms with Gasteiger partial charge in [0.2, 0.25) is 0 Å². The highest BCUT2D eigenvalue weighted by atomic mass is 16.5. The van der Waals surface area contributed by atoms with E-state index in [0.717, 1.165) is 33.4 Å². The van der Waals surface area contributed by atoms with Crippen LogP contribution in [0.15, 0.2) is 60.7 Å². The summed E-state index contributed by atoms with van der Waals surface area (Å²) in [5.74, 6) is 1.50. The van der Waals surface area contributed by atoms with Crippen LogP contribution in [0.25, 0.3) is 10.8 Å². The lowest BCUT2D eigenvalue weighted by Crippen LogP contribution is -2.09. The zero-order valence-corrected chi connectivity index (χ0v) is 10.2. The third-order valence-electron chi connectivity index (χ3n) is 3.63. The number of hydrogen-bond acceptors (Lipinski definition) is 2. The van der Waals surface area contributed by atoms with Gasteiger partial charge in [0.05, 0.1) is 0 Å². The Morgan fingerprint density at radius 3 is 2.53 bits per heavy atom. The molecule has 4 rings (SSSR count). The van der Waals surface area contributed by atoms with Gasteiger partial charge in [0.15, 0.2) is 0 Å². The first kappa shape index (κ1) is 10.6. The summed E-state index contributed by atoms with van der Waals surface area (Å²) in [4.78, 5) is 0. The standard InChI is InChI=1S/C17H12O2/c18-16-13-7-3-4-8-15(13)19-17-12-6-2-1-5-11(12)9-10-14(16)17/h1-10,16,18H. The van der Waals surface area contributed by atoms with Crippen molar-refractivity contribution in [3.05, 3.63) is 71.8 Å². The van der Waals surface area contributed by atoms with E-state index in [0.29, 0.717) is 0 Å². The average molecular weight is 248 g/mol. The van der Waals surface area contributed by atoms with E-state index in [-0.39, 0.29) is 0 Å². The molecule has 2 heteroatoms. The average Bonchev–Trinajstić information content (AvgIpc) is 2.47. The van der Waals surface area contributed by atoms with E-state index in [9.17, 15) is 5.11 Å². The number of hydrogen-bond donors (Lipinski definition) is 1. The summed E-state index contributed by atoms with van der Waals surface area (Å²) in [6.45, 7) is 0. The minimum atomic E-state index is -0.621. The van der Waals surface area contributed by atoms with Gasteiger partial charge < -0.3 is 9.84 Å². The lowest BCUT2D eigenvalue weighted by Gasteiger charge is -2.25. The van der Waals surface area contributed by atoms with Crippen molar-refractivity contribution in [1.29, 1.82) is 0 Å². The molecule has 1 atom stereocenters. The number of aliphatic hydroxyl groups excluding tert-OH is 1. The minimum Gasteiger partial charge on any atom is -0.456 e. The Kier molecular flexibility index (Phi) is 2.14. The zero-order chi connectivity index (χ0) is 12.8. The molecule has 1 N–H and O–H groups in total. The van der Waals surface area contributed by atoms with Crippen LogP contribution in [0.1, 0.15) is 17.2 Å². The van der Waals surface area contributed by atoms with Crippen molar-refractivity contribution in [2.75, 3.05) is 0 Å². The minimum absolute atomic E-state index is 0.621. The second-order valence-electron chi connectivity index (χ2n) is 4.75. The summed E-state index contributed by atoms with van der Waals surface area (Å²) in [5.41, 5.74) is 1.66. The van der Waals surface area contributed by atoms with E-state index in [1.807, 2.05) is 60.7 Å². The van der Waals surface area contributed by atoms with Crippen LogP contribution >= 0.6 is 0 Å². The van der Waals surface area contributed by atoms with Gasteiger partial charge in [0.25, 0.3) is 0 Å². The third kappa shape index (κ3) is 1.47. The van der Waals surface area contributed by atoms with Gasteiger partial charge in [-0.1, -0.05) is 54.6 Å². The molecule has 3 aromatic carbocycles. The first-order valence-electron chi connectivity index (χ1n) is 6.31. The van der Waals surface area contributed by atoms with Crippen molar-refractivity contribution >= 4 is 10.8 Å². The summed E-state index contributed by atoms with van der Waals surface area (Å²) < 4.78 is 6.00. The van der Waals surface area contributed by atoms with Crippen molar-refractivity contribution in [1.82, 2.24) is 0 Å². The molecule has 0 saturated carbocycles. The molecule has 0 radical (unpaired) electrons. The van der Waals surface area contributed by atoms with Crippen molar-refractivity contribution in [2.24, 2.45) is 0 Å². The second-order valence-corrected chi connectivity index (χ2v) is 4.75. The van der Waals surface area contributed by atoms with Gasteiger partial charge >= 0.3 is 0 Å². The van der Waals surface area contributed by atoms with Crippen LogP contribution in [0, 0.1) is 0 Å². The number of benzene rings is 3. The van der Waals surface area contributed by atoms with E-state index in [1.165, 1.54) is 0 Å². The largest absolute Gasteiger partial charge is 0.456 e. The summed E-state index contributed by atoms with van der Waals surface area (Å²) >= 11 is 0. The van der Waals surface area contributed by atoms with E-state index in [1.54, 1.807) is 0 Å². The fourth-order valence-electron chi connectivity index (χ4n) is 2.67. The van der Waals surface area contributed by atoms with Crippen molar-refractivity contribution < 1.29 is 9.84 Å². The van der Waals surface area contributed by atoms with E-state index in [4.69, 9.17) is 4.74 Å². The molecule has 0 aromatic heterocycles. The molecule has 0 fully saturated rings. The van der Waals surface area contributed by atoms with Crippen molar-refractivity contribution in [3.63, 3.8) is 0 Å². The molecule has 0 saturated heterocycles. The molecule has 0 amide bonds. The molecule has 2 nitrogen and oxygen atoms in total. The Bertz CT molecular complexity index is 777.